The van der Waals surface area contributed by atoms with E-state index in [2.05, 4.69) is 31.1 Å². The molecule has 0 rings (SSSR count). The standard InChI is InChI=1S/C8H19N3/c1-4-7-8-9-10-11(5-2)6-3/h4-8H2,1-3H3. The summed E-state index contributed by atoms with van der Waals surface area (Å²) in [5, 5.41) is 10.1. The Morgan fingerprint density at radius 2 is 1.73 bits per heavy atom. The van der Waals surface area contributed by atoms with E-state index in [-0.39, 0.29) is 0 Å². The van der Waals surface area contributed by atoms with Crippen molar-refractivity contribution in [1.82, 2.24) is 5.01 Å². The lowest BCUT2D eigenvalue weighted by atomic mass is 10.3. The van der Waals surface area contributed by atoms with Crippen LogP contribution in [0, 0.1) is 0 Å². The quantitative estimate of drug-likeness (QED) is 0.331. The zero-order valence-corrected chi connectivity index (χ0v) is 7.88. The highest BCUT2D eigenvalue weighted by molar-refractivity contribution is 4.41. The molecule has 0 saturated heterocycles. The maximum atomic E-state index is 4.06. The molecular weight excluding hydrogens is 138 g/mol. The second kappa shape index (κ2) is 7.51. The van der Waals surface area contributed by atoms with Crippen molar-refractivity contribution in [2.45, 2.75) is 33.6 Å². The summed E-state index contributed by atoms with van der Waals surface area (Å²) in [7, 11) is 0. The van der Waals surface area contributed by atoms with Crippen molar-refractivity contribution in [1.29, 1.82) is 0 Å². The van der Waals surface area contributed by atoms with E-state index in [1.807, 2.05) is 5.01 Å². The van der Waals surface area contributed by atoms with Crippen LogP contribution in [-0.4, -0.2) is 24.6 Å². The summed E-state index contributed by atoms with van der Waals surface area (Å²) in [6, 6.07) is 0. The van der Waals surface area contributed by atoms with Gasteiger partial charge in [-0.3, -0.25) is 5.01 Å². The van der Waals surface area contributed by atoms with Crippen molar-refractivity contribution in [3.05, 3.63) is 0 Å². The molecule has 0 radical (unpaired) electrons. The lowest BCUT2D eigenvalue weighted by molar-refractivity contribution is 0.294. The van der Waals surface area contributed by atoms with Crippen LogP contribution in [0.4, 0.5) is 0 Å². The topological polar surface area (TPSA) is 28.0 Å². The lowest BCUT2D eigenvalue weighted by Crippen LogP contribution is -2.14. The highest BCUT2D eigenvalue weighted by atomic mass is 15.5. The van der Waals surface area contributed by atoms with Crippen molar-refractivity contribution >= 4 is 0 Å². The fourth-order valence-electron chi connectivity index (χ4n) is 0.713. The van der Waals surface area contributed by atoms with Crippen LogP contribution in [0.5, 0.6) is 0 Å². The lowest BCUT2D eigenvalue weighted by Gasteiger charge is -2.10. The van der Waals surface area contributed by atoms with Gasteiger partial charge in [0.1, 0.15) is 0 Å². The molecule has 0 spiro atoms. The smallest absolute Gasteiger partial charge is 0.0620 e. The minimum Gasteiger partial charge on any atom is -0.279 e. The Morgan fingerprint density at radius 1 is 1.09 bits per heavy atom. The Balaban J connectivity index is 3.36. The van der Waals surface area contributed by atoms with Crippen molar-refractivity contribution in [3.8, 4) is 0 Å². The third kappa shape index (κ3) is 5.83. The first-order valence-electron chi connectivity index (χ1n) is 4.47. The van der Waals surface area contributed by atoms with Crippen molar-refractivity contribution in [3.63, 3.8) is 0 Å². The molecule has 0 amide bonds. The van der Waals surface area contributed by atoms with Crippen LogP contribution in [0.15, 0.2) is 10.3 Å². The van der Waals surface area contributed by atoms with Gasteiger partial charge in [0.05, 0.1) is 6.54 Å². The van der Waals surface area contributed by atoms with E-state index in [0.717, 1.165) is 26.1 Å². The first kappa shape index (κ1) is 10.4. The van der Waals surface area contributed by atoms with E-state index in [1.165, 1.54) is 6.42 Å². The Morgan fingerprint density at radius 3 is 2.18 bits per heavy atom. The summed E-state index contributed by atoms with van der Waals surface area (Å²) in [5.74, 6) is 0. The number of nitrogens with zero attached hydrogens (tertiary/aromatic N) is 3. The second-order valence-electron chi connectivity index (χ2n) is 2.45. The third-order valence-corrected chi connectivity index (χ3v) is 1.53. The highest BCUT2D eigenvalue weighted by Gasteiger charge is 1.89. The molecule has 0 bridgehead atoms. The van der Waals surface area contributed by atoms with Crippen LogP contribution in [-0.2, 0) is 0 Å². The highest BCUT2D eigenvalue weighted by Crippen LogP contribution is 1.92. The molecule has 0 heterocycles. The van der Waals surface area contributed by atoms with Crippen LogP contribution in [0.25, 0.3) is 0 Å². The molecule has 11 heavy (non-hydrogen) atoms. The maximum absolute atomic E-state index is 4.06. The van der Waals surface area contributed by atoms with Crippen molar-refractivity contribution < 1.29 is 0 Å². The molecular formula is C8H19N3. The minimum atomic E-state index is 0.868. The second-order valence-corrected chi connectivity index (χ2v) is 2.45. The Labute approximate surface area is 69.5 Å². The molecule has 0 unspecified atom stereocenters. The van der Waals surface area contributed by atoms with Crippen LogP contribution < -0.4 is 0 Å². The van der Waals surface area contributed by atoms with Crippen molar-refractivity contribution in [2.24, 2.45) is 10.3 Å². The van der Waals surface area contributed by atoms with Gasteiger partial charge in [-0.1, -0.05) is 18.6 Å². The van der Waals surface area contributed by atoms with Crippen LogP contribution >= 0.6 is 0 Å². The van der Waals surface area contributed by atoms with E-state index in [9.17, 15) is 0 Å². The molecule has 0 saturated carbocycles. The molecule has 0 aliphatic carbocycles. The molecule has 0 aromatic heterocycles. The zero-order chi connectivity index (χ0) is 8.53. The first-order valence-corrected chi connectivity index (χ1v) is 4.47. The van der Waals surface area contributed by atoms with Gasteiger partial charge in [-0.25, -0.2) is 0 Å². The molecule has 3 heteroatoms. The molecule has 3 nitrogen and oxygen atoms in total. The fraction of sp³-hybridized carbons (Fsp3) is 1.00. The summed E-state index contributed by atoms with van der Waals surface area (Å²) < 4.78 is 0. The van der Waals surface area contributed by atoms with Crippen molar-refractivity contribution in [2.75, 3.05) is 19.6 Å². The Hall–Kier alpha value is -0.600. The van der Waals surface area contributed by atoms with Gasteiger partial charge in [0.25, 0.3) is 0 Å². The van der Waals surface area contributed by atoms with Gasteiger partial charge in [-0.2, -0.15) is 5.11 Å². The summed E-state index contributed by atoms with van der Waals surface area (Å²) in [6.07, 6.45) is 2.34. The van der Waals surface area contributed by atoms with Gasteiger partial charge in [0.15, 0.2) is 0 Å². The predicted octanol–water partition coefficient (Wildman–Crippen LogP) is 2.50. The molecule has 0 aliphatic rings. The van der Waals surface area contributed by atoms with E-state index in [1.54, 1.807) is 0 Å². The molecule has 0 aliphatic heterocycles. The summed E-state index contributed by atoms with van der Waals surface area (Å²) >= 11 is 0. The summed E-state index contributed by atoms with van der Waals surface area (Å²) in [4.78, 5) is 0. The van der Waals surface area contributed by atoms with Crippen LogP contribution in [0.1, 0.15) is 33.6 Å². The summed E-state index contributed by atoms with van der Waals surface area (Å²) in [6.45, 7) is 9.10. The van der Waals surface area contributed by atoms with E-state index in [4.69, 9.17) is 0 Å². The average Bonchev–Trinajstić information content (AvgIpc) is 2.05. The number of rotatable bonds is 6. The van der Waals surface area contributed by atoms with Crippen LogP contribution in [0.3, 0.4) is 0 Å². The van der Waals surface area contributed by atoms with Gasteiger partial charge in [0, 0.05) is 13.1 Å². The van der Waals surface area contributed by atoms with Gasteiger partial charge in [0.2, 0.25) is 0 Å². The maximum Gasteiger partial charge on any atom is 0.0620 e. The number of hydrogen-bond acceptors (Lipinski definition) is 2. The SMILES string of the molecule is CCCCN=NN(CC)CC. The normalized spacial score (nSPS) is 10.8. The number of unbranched alkanes of at least 4 members (excludes halogenated alkanes) is 1. The Bertz CT molecular complexity index is 97.5. The molecule has 0 fully saturated rings. The van der Waals surface area contributed by atoms with Gasteiger partial charge >= 0.3 is 0 Å². The van der Waals surface area contributed by atoms with Crippen LogP contribution in [0.2, 0.25) is 0 Å². The zero-order valence-electron chi connectivity index (χ0n) is 7.88. The predicted molar refractivity (Wildman–Crippen MR) is 47.6 cm³/mol. The fourth-order valence-corrected chi connectivity index (χ4v) is 0.713. The number of hydrogen-bond donors (Lipinski definition) is 0. The van der Waals surface area contributed by atoms with E-state index in [0.29, 0.717) is 0 Å². The third-order valence-electron chi connectivity index (χ3n) is 1.53. The average molecular weight is 157 g/mol. The molecule has 0 aromatic carbocycles. The Kier molecular flexibility index (Phi) is 7.10. The first-order chi connectivity index (χ1) is 5.35. The molecule has 66 valence electrons. The molecule has 0 atom stereocenters. The molecule has 0 aromatic rings. The van der Waals surface area contributed by atoms with E-state index < -0.39 is 0 Å². The largest absolute Gasteiger partial charge is 0.279 e. The van der Waals surface area contributed by atoms with Gasteiger partial charge < -0.3 is 0 Å². The van der Waals surface area contributed by atoms with E-state index >= 15 is 0 Å². The molecule has 0 N–H and O–H groups in total. The van der Waals surface area contributed by atoms with Gasteiger partial charge in [-0.15, -0.1) is 0 Å². The van der Waals surface area contributed by atoms with Gasteiger partial charge in [-0.05, 0) is 20.3 Å². The summed E-state index contributed by atoms with van der Waals surface area (Å²) in [5.41, 5.74) is 0. The minimum absolute atomic E-state index is 0.868. The monoisotopic (exact) mass is 157 g/mol.